The van der Waals surface area contributed by atoms with Gasteiger partial charge in [0.25, 0.3) is 5.91 Å². The van der Waals surface area contributed by atoms with Gasteiger partial charge < -0.3 is 29.7 Å². The van der Waals surface area contributed by atoms with Crippen LogP contribution >= 0.6 is 0 Å². The Morgan fingerprint density at radius 3 is 2.53 bits per heavy atom. The Hall–Kier alpha value is -3.26. The van der Waals surface area contributed by atoms with Gasteiger partial charge in [0.2, 0.25) is 5.91 Å². The molecule has 3 rings (SSSR count). The van der Waals surface area contributed by atoms with Crippen molar-refractivity contribution < 1.29 is 23.8 Å². The van der Waals surface area contributed by atoms with Crippen LogP contribution in [0.3, 0.4) is 0 Å². The highest BCUT2D eigenvalue weighted by Crippen LogP contribution is 2.27. The van der Waals surface area contributed by atoms with E-state index in [0.29, 0.717) is 49.9 Å². The Balaban J connectivity index is 1.50. The lowest BCUT2D eigenvalue weighted by Gasteiger charge is -2.27. The number of morpholine rings is 1. The summed E-state index contributed by atoms with van der Waals surface area (Å²) < 4.78 is 15.8. The first kappa shape index (κ1) is 21.4. The first-order valence-corrected chi connectivity index (χ1v) is 9.79. The molecule has 0 atom stereocenters. The number of carbonyl (C=O) groups is 2. The van der Waals surface area contributed by atoms with Crippen molar-refractivity contribution in [1.82, 2.24) is 10.2 Å². The van der Waals surface area contributed by atoms with E-state index >= 15 is 0 Å². The summed E-state index contributed by atoms with van der Waals surface area (Å²) in [6.07, 6.45) is 0. The molecule has 1 heterocycles. The summed E-state index contributed by atoms with van der Waals surface area (Å²) in [5.41, 5.74) is 2.21. The quantitative estimate of drug-likeness (QED) is 0.687. The molecule has 8 heteroatoms. The molecule has 0 spiro atoms. The van der Waals surface area contributed by atoms with Gasteiger partial charge in [0.15, 0.2) is 11.5 Å². The van der Waals surface area contributed by atoms with Crippen LogP contribution in [-0.2, 0) is 16.1 Å². The minimum atomic E-state index is -0.158. The average Bonchev–Trinajstić information content (AvgIpc) is 2.81. The number of rotatable bonds is 8. The number of methoxy groups -OCH3 is 2. The summed E-state index contributed by atoms with van der Waals surface area (Å²) in [5.74, 6) is 1.07. The second-order valence-corrected chi connectivity index (χ2v) is 6.80. The van der Waals surface area contributed by atoms with Crippen molar-refractivity contribution in [1.29, 1.82) is 0 Å². The number of ether oxygens (including phenoxy) is 3. The zero-order valence-electron chi connectivity index (χ0n) is 17.3. The Labute approximate surface area is 176 Å². The van der Waals surface area contributed by atoms with Crippen LogP contribution in [0.4, 0.5) is 5.69 Å². The highest BCUT2D eigenvalue weighted by Gasteiger charge is 2.18. The lowest BCUT2D eigenvalue weighted by molar-refractivity contribution is -0.119. The van der Waals surface area contributed by atoms with E-state index < -0.39 is 0 Å². The number of hydrogen-bond acceptors (Lipinski definition) is 6. The van der Waals surface area contributed by atoms with Crippen LogP contribution in [0.1, 0.15) is 15.9 Å². The van der Waals surface area contributed by atoms with Crippen LogP contribution in [0, 0.1) is 0 Å². The van der Waals surface area contributed by atoms with Crippen molar-refractivity contribution >= 4 is 17.5 Å². The fourth-order valence-electron chi connectivity index (χ4n) is 3.15. The normalized spacial score (nSPS) is 13.5. The van der Waals surface area contributed by atoms with E-state index in [1.165, 1.54) is 0 Å². The predicted molar refractivity (Wildman–Crippen MR) is 113 cm³/mol. The number of hydrogen-bond donors (Lipinski definition) is 2. The molecular formula is C22H27N3O5. The maximum absolute atomic E-state index is 12.6. The van der Waals surface area contributed by atoms with Crippen molar-refractivity contribution in [3.63, 3.8) is 0 Å². The maximum atomic E-state index is 12.6. The van der Waals surface area contributed by atoms with Gasteiger partial charge in [-0.3, -0.25) is 9.59 Å². The third-order valence-electron chi connectivity index (χ3n) is 4.80. The highest BCUT2D eigenvalue weighted by molar-refractivity contribution is 5.95. The minimum Gasteiger partial charge on any atom is -0.493 e. The molecular weight excluding hydrogens is 386 g/mol. The van der Waals surface area contributed by atoms with Gasteiger partial charge in [0.1, 0.15) is 0 Å². The maximum Gasteiger partial charge on any atom is 0.254 e. The number of carbonyl (C=O) groups excluding carboxylic acids is 2. The Kier molecular flexibility index (Phi) is 7.51. The fourth-order valence-corrected chi connectivity index (χ4v) is 3.15. The molecule has 0 bridgehead atoms. The van der Waals surface area contributed by atoms with Crippen molar-refractivity contribution in [3.8, 4) is 11.5 Å². The van der Waals surface area contributed by atoms with E-state index in [9.17, 15) is 9.59 Å². The van der Waals surface area contributed by atoms with Gasteiger partial charge in [-0.15, -0.1) is 0 Å². The first-order valence-electron chi connectivity index (χ1n) is 9.79. The lowest BCUT2D eigenvalue weighted by atomic mass is 10.1. The van der Waals surface area contributed by atoms with Gasteiger partial charge in [-0.1, -0.05) is 12.1 Å². The van der Waals surface area contributed by atoms with Crippen LogP contribution in [0.25, 0.3) is 0 Å². The molecule has 0 radical (unpaired) electrons. The molecule has 2 aromatic rings. The molecule has 8 nitrogen and oxygen atoms in total. The predicted octanol–water partition coefficient (Wildman–Crippen LogP) is 1.90. The molecule has 1 aliphatic rings. The van der Waals surface area contributed by atoms with Gasteiger partial charge in [-0.05, 0) is 35.9 Å². The lowest BCUT2D eigenvalue weighted by Crippen LogP contribution is -2.40. The standard InChI is InChI=1S/C22H27N3O5/c1-28-19-7-6-16(12-20(19)29-2)14-24-21(26)15-23-18-5-3-4-17(13-18)22(27)25-8-10-30-11-9-25/h3-7,12-13,23H,8-11,14-15H2,1-2H3,(H,24,26). The summed E-state index contributed by atoms with van der Waals surface area (Å²) in [4.78, 5) is 26.6. The molecule has 0 aromatic heterocycles. The summed E-state index contributed by atoms with van der Waals surface area (Å²) >= 11 is 0. The van der Waals surface area contributed by atoms with Crippen LogP contribution in [0.2, 0.25) is 0 Å². The molecule has 1 aliphatic heterocycles. The topological polar surface area (TPSA) is 89.1 Å². The third-order valence-corrected chi connectivity index (χ3v) is 4.80. The molecule has 1 fully saturated rings. The minimum absolute atomic E-state index is 0.0279. The summed E-state index contributed by atoms with van der Waals surface area (Å²) in [5, 5.41) is 5.93. The van der Waals surface area contributed by atoms with E-state index in [1.54, 1.807) is 43.4 Å². The Bertz CT molecular complexity index is 881. The Morgan fingerprint density at radius 1 is 1.03 bits per heavy atom. The molecule has 2 N–H and O–H groups in total. The molecule has 160 valence electrons. The number of nitrogens with one attached hydrogen (secondary N) is 2. The summed E-state index contributed by atoms with van der Waals surface area (Å²) in [7, 11) is 3.15. The van der Waals surface area contributed by atoms with E-state index in [0.717, 1.165) is 11.3 Å². The van der Waals surface area contributed by atoms with Crippen molar-refractivity contribution in [2.45, 2.75) is 6.54 Å². The van der Waals surface area contributed by atoms with Crippen molar-refractivity contribution in [2.75, 3.05) is 52.4 Å². The molecule has 0 saturated carbocycles. The second-order valence-electron chi connectivity index (χ2n) is 6.80. The van der Waals surface area contributed by atoms with Gasteiger partial charge in [-0.2, -0.15) is 0 Å². The highest BCUT2D eigenvalue weighted by atomic mass is 16.5. The molecule has 30 heavy (non-hydrogen) atoms. The van der Waals surface area contributed by atoms with Crippen LogP contribution in [0.15, 0.2) is 42.5 Å². The summed E-state index contributed by atoms with van der Waals surface area (Å²) in [6.45, 7) is 2.77. The molecule has 1 saturated heterocycles. The van der Waals surface area contributed by atoms with E-state index in [1.807, 2.05) is 18.2 Å². The van der Waals surface area contributed by atoms with Crippen LogP contribution in [-0.4, -0.2) is 63.8 Å². The molecule has 2 amide bonds. The Morgan fingerprint density at radius 2 is 1.80 bits per heavy atom. The van der Waals surface area contributed by atoms with Crippen LogP contribution < -0.4 is 20.1 Å². The smallest absolute Gasteiger partial charge is 0.254 e. The number of nitrogens with zero attached hydrogens (tertiary/aromatic N) is 1. The SMILES string of the molecule is COc1ccc(CNC(=O)CNc2cccc(C(=O)N3CCOCC3)c2)cc1OC. The molecule has 2 aromatic carbocycles. The largest absolute Gasteiger partial charge is 0.493 e. The van der Waals surface area contributed by atoms with E-state index in [-0.39, 0.29) is 18.4 Å². The number of anilines is 1. The average molecular weight is 413 g/mol. The zero-order chi connectivity index (χ0) is 21.3. The summed E-state index contributed by atoms with van der Waals surface area (Å²) in [6, 6.07) is 12.7. The molecule has 0 unspecified atom stereocenters. The van der Waals surface area contributed by atoms with Gasteiger partial charge in [0.05, 0.1) is 34.0 Å². The van der Waals surface area contributed by atoms with Gasteiger partial charge >= 0.3 is 0 Å². The second kappa shape index (κ2) is 10.5. The first-order chi connectivity index (χ1) is 14.6. The van der Waals surface area contributed by atoms with Crippen molar-refractivity contribution in [3.05, 3.63) is 53.6 Å². The fraction of sp³-hybridized carbons (Fsp3) is 0.364. The zero-order valence-corrected chi connectivity index (χ0v) is 17.3. The monoisotopic (exact) mass is 413 g/mol. The van der Waals surface area contributed by atoms with Gasteiger partial charge in [0, 0.05) is 30.9 Å². The number of amides is 2. The van der Waals surface area contributed by atoms with Gasteiger partial charge in [-0.25, -0.2) is 0 Å². The van der Waals surface area contributed by atoms with E-state index in [2.05, 4.69) is 10.6 Å². The van der Waals surface area contributed by atoms with E-state index in [4.69, 9.17) is 14.2 Å². The van der Waals surface area contributed by atoms with Crippen LogP contribution in [0.5, 0.6) is 11.5 Å². The molecule has 0 aliphatic carbocycles. The number of benzene rings is 2. The van der Waals surface area contributed by atoms with Crippen molar-refractivity contribution in [2.24, 2.45) is 0 Å². The third kappa shape index (κ3) is 5.64.